The number of hydrogen-bond acceptors (Lipinski definition) is 5. The van der Waals surface area contributed by atoms with Gasteiger partial charge in [-0.25, -0.2) is 4.79 Å². The van der Waals surface area contributed by atoms with Crippen molar-refractivity contribution in [3.05, 3.63) is 53.5 Å². The smallest absolute Gasteiger partial charge is 0.341 e. The van der Waals surface area contributed by atoms with E-state index in [1.165, 1.54) is 7.11 Å². The zero-order valence-electron chi connectivity index (χ0n) is 14.4. The second-order valence-electron chi connectivity index (χ2n) is 5.63. The fourth-order valence-electron chi connectivity index (χ4n) is 2.39. The molecule has 1 heterocycles. The molecule has 128 valence electrons. The number of likely N-dealkylation sites (N-methyl/N-ethyl adjacent to an activating group) is 2. The molecule has 0 radical (unpaired) electrons. The molecule has 0 aliphatic carbocycles. The molecule has 0 aliphatic heterocycles. The summed E-state index contributed by atoms with van der Waals surface area (Å²) in [4.78, 5) is 27.4. The first-order valence-corrected chi connectivity index (χ1v) is 7.60. The molecule has 0 fully saturated rings. The molecule has 6 heteroatoms. The van der Waals surface area contributed by atoms with Gasteiger partial charge in [-0.15, -0.1) is 0 Å². The van der Waals surface area contributed by atoms with Gasteiger partial charge in [0.1, 0.15) is 17.1 Å². The second-order valence-corrected chi connectivity index (χ2v) is 5.63. The first kappa shape index (κ1) is 17.7. The molecule has 24 heavy (non-hydrogen) atoms. The molecule has 6 nitrogen and oxygen atoms in total. The quantitative estimate of drug-likeness (QED) is 0.762. The van der Waals surface area contributed by atoms with Crippen molar-refractivity contribution in [2.24, 2.45) is 0 Å². The van der Waals surface area contributed by atoms with Gasteiger partial charge in [-0.2, -0.15) is 0 Å². The maximum Gasteiger partial charge on any atom is 0.341 e. The Balaban J connectivity index is 1.97. The minimum Gasteiger partial charge on any atom is -0.465 e. The SMILES string of the molecule is COC(=O)c1cc(CN(C)CC(=O)N(C)c2ccccc2)oc1C. The van der Waals surface area contributed by atoms with E-state index in [0.29, 0.717) is 23.6 Å². The zero-order valence-corrected chi connectivity index (χ0v) is 14.4. The van der Waals surface area contributed by atoms with Crippen molar-refractivity contribution in [1.82, 2.24) is 4.90 Å². The van der Waals surface area contributed by atoms with Crippen molar-refractivity contribution < 1.29 is 18.7 Å². The Labute approximate surface area is 141 Å². The van der Waals surface area contributed by atoms with Crippen molar-refractivity contribution >= 4 is 17.6 Å². The van der Waals surface area contributed by atoms with E-state index < -0.39 is 5.97 Å². The normalized spacial score (nSPS) is 10.7. The number of hydrogen-bond donors (Lipinski definition) is 0. The van der Waals surface area contributed by atoms with Gasteiger partial charge in [0.15, 0.2) is 0 Å². The lowest BCUT2D eigenvalue weighted by Crippen LogP contribution is -2.36. The first-order chi connectivity index (χ1) is 11.4. The summed E-state index contributed by atoms with van der Waals surface area (Å²) in [5.74, 6) is 0.675. The highest BCUT2D eigenvalue weighted by Crippen LogP contribution is 2.17. The maximum absolute atomic E-state index is 12.4. The number of carbonyl (C=O) groups is 2. The van der Waals surface area contributed by atoms with E-state index in [-0.39, 0.29) is 12.5 Å². The summed E-state index contributed by atoms with van der Waals surface area (Å²) in [6.07, 6.45) is 0. The van der Waals surface area contributed by atoms with Crippen LogP contribution in [-0.2, 0) is 16.1 Å². The van der Waals surface area contributed by atoms with Gasteiger partial charge in [0.2, 0.25) is 5.91 Å². The second kappa shape index (κ2) is 7.79. The van der Waals surface area contributed by atoms with Crippen LogP contribution in [0.5, 0.6) is 0 Å². The van der Waals surface area contributed by atoms with Gasteiger partial charge < -0.3 is 14.1 Å². The van der Waals surface area contributed by atoms with Crippen LogP contribution < -0.4 is 4.90 Å². The minimum absolute atomic E-state index is 0.0276. The molecule has 0 bridgehead atoms. The summed E-state index contributed by atoms with van der Waals surface area (Å²) < 4.78 is 10.3. The summed E-state index contributed by atoms with van der Waals surface area (Å²) in [6, 6.07) is 11.1. The molecule has 1 aromatic carbocycles. The lowest BCUT2D eigenvalue weighted by molar-refractivity contribution is -0.119. The molecular formula is C18H22N2O4. The van der Waals surface area contributed by atoms with Gasteiger partial charge in [0.25, 0.3) is 0 Å². The number of benzene rings is 1. The molecule has 0 aliphatic rings. The monoisotopic (exact) mass is 330 g/mol. The van der Waals surface area contributed by atoms with Crippen LogP contribution in [0.2, 0.25) is 0 Å². The van der Waals surface area contributed by atoms with Crippen LogP contribution in [0, 0.1) is 6.92 Å². The average molecular weight is 330 g/mol. The Bertz CT molecular complexity index is 709. The predicted octanol–water partition coefficient (Wildman–Crippen LogP) is 2.47. The molecular weight excluding hydrogens is 308 g/mol. The number of nitrogens with zero attached hydrogens (tertiary/aromatic N) is 2. The van der Waals surface area contributed by atoms with Crippen LogP contribution in [0.1, 0.15) is 21.9 Å². The zero-order chi connectivity index (χ0) is 17.7. The Kier molecular flexibility index (Phi) is 5.76. The molecule has 0 spiro atoms. The number of anilines is 1. The first-order valence-electron chi connectivity index (χ1n) is 7.60. The number of ether oxygens (including phenoxy) is 1. The molecule has 0 saturated heterocycles. The molecule has 2 aromatic rings. The number of methoxy groups -OCH3 is 1. The number of carbonyl (C=O) groups excluding carboxylic acids is 2. The average Bonchev–Trinajstić information content (AvgIpc) is 2.94. The fourth-order valence-corrected chi connectivity index (χ4v) is 2.39. The summed E-state index contributed by atoms with van der Waals surface area (Å²) in [5.41, 5.74) is 1.26. The highest BCUT2D eigenvalue weighted by atomic mass is 16.5. The topological polar surface area (TPSA) is 63.0 Å². The molecule has 0 unspecified atom stereocenters. The fraction of sp³-hybridized carbons (Fsp3) is 0.333. The highest BCUT2D eigenvalue weighted by Gasteiger charge is 2.18. The van der Waals surface area contributed by atoms with Crippen molar-refractivity contribution in [1.29, 1.82) is 0 Å². The van der Waals surface area contributed by atoms with Crippen molar-refractivity contribution in [2.75, 3.05) is 32.6 Å². The van der Waals surface area contributed by atoms with Gasteiger partial charge >= 0.3 is 5.97 Å². The summed E-state index contributed by atoms with van der Waals surface area (Å²) in [7, 11) is 4.91. The molecule has 0 atom stereocenters. The standard InChI is InChI=1S/C18H22N2O4/c1-13-16(18(22)23-4)10-15(24-13)11-19(2)12-17(21)20(3)14-8-6-5-7-9-14/h5-10H,11-12H2,1-4H3. The van der Waals surface area contributed by atoms with Gasteiger partial charge in [-0.3, -0.25) is 9.69 Å². The Morgan fingerprint density at radius 2 is 1.83 bits per heavy atom. The maximum atomic E-state index is 12.4. The summed E-state index contributed by atoms with van der Waals surface area (Å²) in [5, 5.41) is 0. The number of amides is 1. The lowest BCUT2D eigenvalue weighted by Gasteiger charge is -2.21. The molecule has 1 amide bonds. The van der Waals surface area contributed by atoms with E-state index in [9.17, 15) is 9.59 Å². The minimum atomic E-state index is -0.426. The third-order valence-corrected chi connectivity index (χ3v) is 3.72. The third-order valence-electron chi connectivity index (χ3n) is 3.72. The Morgan fingerprint density at radius 3 is 2.46 bits per heavy atom. The molecule has 0 N–H and O–H groups in total. The van der Waals surface area contributed by atoms with E-state index >= 15 is 0 Å². The summed E-state index contributed by atoms with van der Waals surface area (Å²) >= 11 is 0. The van der Waals surface area contributed by atoms with Gasteiger partial charge in [0, 0.05) is 12.7 Å². The molecule has 1 aromatic heterocycles. The summed E-state index contributed by atoms with van der Waals surface area (Å²) in [6.45, 7) is 2.37. The van der Waals surface area contributed by atoms with Crippen LogP contribution in [0.15, 0.2) is 40.8 Å². The van der Waals surface area contributed by atoms with Crippen molar-refractivity contribution in [2.45, 2.75) is 13.5 Å². The van der Waals surface area contributed by atoms with E-state index in [0.717, 1.165) is 5.69 Å². The van der Waals surface area contributed by atoms with E-state index in [4.69, 9.17) is 9.15 Å². The number of rotatable bonds is 6. The number of furan rings is 1. The van der Waals surface area contributed by atoms with Crippen LogP contribution in [0.3, 0.4) is 0 Å². The number of para-hydroxylation sites is 1. The van der Waals surface area contributed by atoms with Crippen LogP contribution >= 0.6 is 0 Å². The van der Waals surface area contributed by atoms with Crippen molar-refractivity contribution in [3.63, 3.8) is 0 Å². The number of esters is 1. The van der Waals surface area contributed by atoms with Gasteiger partial charge in [-0.05, 0) is 32.2 Å². The molecule has 0 saturated carbocycles. The van der Waals surface area contributed by atoms with Crippen molar-refractivity contribution in [3.8, 4) is 0 Å². The van der Waals surface area contributed by atoms with Gasteiger partial charge in [-0.1, -0.05) is 18.2 Å². The number of aryl methyl sites for hydroxylation is 1. The lowest BCUT2D eigenvalue weighted by atomic mass is 10.2. The van der Waals surface area contributed by atoms with E-state index in [2.05, 4.69) is 0 Å². The van der Waals surface area contributed by atoms with Crippen LogP contribution in [-0.4, -0.2) is 44.5 Å². The predicted molar refractivity (Wildman–Crippen MR) is 91.0 cm³/mol. The van der Waals surface area contributed by atoms with E-state index in [1.54, 1.807) is 24.9 Å². The highest BCUT2D eigenvalue weighted by molar-refractivity contribution is 5.94. The third kappa shape index (κ3) is 4.23. The largest absolute Gasteiger partial charge is 0.465 e. The van der Waals surface area contributed by atoms with E-state index in [1.807, 2.05) is 42.3 Å². The Morgan fingerprint density at radius 1 is 1.17 bits per heavy atom. The molecule has 2 rings (SSSR count). The Hall–Kier alpha value is -2.60. The van der Waals surface area contributed by atoms with Crippen LogP contribution in [0.25, 0.3) is 0 Å². The van der Waals surface area contributed by atoms with Crippen LogP contribution in [0.4, 0.5) is 5.69 Å². The van der Waals surface area contributed by atoms with Gasteiger partial charge in [0.05, 0.1) is 20.2 Å².